The lowest BCUT2D eigenvalue weighted by molar-refractivity contribution is 0.0182. The molecule has 1 fully saturated rings. The van der Waals surface area contributed by atoms with Crippen molar-refractivity contribution in [3.8, 4) is 11.1 Å². The maximum absolute atomic E-state index is 12.7. The molecule has 2 atom stereocenters. The molecule has 0 saturated carbocycles. The zero-order chi connectivity index (χ0) is 18.5. The minimum Gasteiger partial charge on any atom is -0.457 e. The maximum atomic E-state index is 12.7. The molecular weight excluding hydrogens is 336 g/mol. The smallest absolute Gasteiger partial charge is 0.338 e. The van der Waals surface area contributed by atoms with E-state index in [4.69, 9.17) is 4.74 Å². The first-order chi connectivity index (χ1) is 13.3. The molecule has 0 radical (unpaired) electrons. The SMILES string of the molecule is O=C(O[C@H]1CNCC[C@@H]1c1ccccc1)c1ccc(-c2ccncc2)cc1. The molecule has 4 rings (SSSR count). The number of nitrogens with zero attached hydrogens (tertiary/aromatic N) is 1. The summed E-state index contributed by atoms with van der Waals surface area (Å²) < 4.78 is 5.88. The molecule has 4 heteroatoms. The molecule has 1 saturated heterocycles. The van der Waals surface area contributed by atoms with Gasteiger partial charge in [0.2, 0.25) is 0 Å². The molecule has 136 valence electrons. The van der Waals surface area contributed by atoms with Gasteiger partial charge in [-0.15, -0.1) is 0 Å². The van der Waals surface area contributed by atoms with E-state index in [0.717, 1.165) is 24.1 Å². The summed E-state index contributed by atoms with van der Waals surface area (Å²) in [7, 11) is 0. The average Bonchev–Trinajstić information content (AvgIpc) is 2.75. The van der Waals surface area contributed by atoms with Crippen molar-refractivity contribution in [3.63, 3.8) is 0 Å². The minimum absolute atomic E-state index is 0.159. The van der Waals surface area contributed by atoms with E-state index in [1.54, 1.807) is 12.4 Å². The van der Waals surface area contributed by atoms with Crippen molar-refractivity contribution in [1.29, 1.82) is 0 Å². The van der Waals surface area contributed by atoms with Crippen molar-refractivity contribution in [2.45, 2.75) is 18.4 Å². The Kier molecular flexibility index (Phi) is 5.26. The number of esters is 1. The van der Waals surface area contributed by atoms with Crippen molar-refractivity contribution in [1.82, 2.24) is 10.3 Å². The highest BCUT2D eigenvalue weighted by molar-refractivity contribution is 5.90. The van der Waals surface area contributed by atoms with Crippen LogP contribution in [0.5, 0.6) is 0 Å². The third-order valence-electron chi connectivity index (χ3n) is 5.05. The molecule has 1 aliphatic rings. The van der Waals surface area contributed by atoms with Gasteiger partial charge in [-0.1, -0.05) is 42.5 Å². The molecule has 1 N–H and O–H groups in total. The number of piperidine rings is 1. The summed E-state index contributed by atoms with van der Waals surface area (Å²) >= 11 is 0. The van der Waals surface area contributed by atoms with Crippen molar-refractivity contribution >= 4 is 5.97 Å². The number of aromatic nitrogens is 1. The van der Waals surface area contributed by atoms with Gasteiger partial charge < -0.3 is 10.1 Å². The zero-order valence-corrected chi connectivity index (χ0v) is 15.0. The van der Waals surface area contributed by atoms with Crippen molar-refractivity contribution < 1.29 is 9.53 Å². The molecule has 1 aromatic heterocycles. The Bertz CT molecular complexity index is 879. The van der Waals surface area contributed by atoms with E-state index in [1.165, 1.54) is 5.56 Å². The van der Waals surface area contributed by atoms with Gasteiger partial charge in [0, 0.05) is 24.9 Å². The normalized spacial score (nSPS) is 19.4. The molecular formula is C23H22N2O2. The number of ether oxygens (including phenoxy) is 1. The molecule has 4 nitrogen and oxygen atoms in total. The van der Waals surface area contributed by atoms with Gasteiger partial charge in [-0.2, -0.15) is 0 Å². The number of hydrogen-bond acceptors (Lipinski definition) is 4. The van der Waals surface area contributed by atoms with Crippen LogP contribution >= 0.6 is 0 Å². The number of nitrogens with one attached hydrogen (secondary N) is 1. The van der Waals surface area contributed by atoms with Gasteiger partial charge in [-0.05, 0) is 53.9 Å². The topological polar surface area (TPSA) is 51.2 Å². The van der Waals surface area contributed by atoms with E-state index in [1.807, 2.05) is 54.6 Å². The molecule has 0 unspecified atom stereocenters. The first-order valence-corrected chi connectivity index (χ1v) is 9.28. The van der Waals surface area contributed by atoms with Crippen LogP contribution in [0.4, 0.5) is 0 Å². The molecule has 0 bridgehead atoms. The Balaban J connectivity index is 1.47. The van der Waals surface area contributed by atoms with Crippen molar-refractivity contribution in [3.05, 3.63) is 90.3 Å². The van der Waals surface area contributed by atoms with Crippen LogP contribution in [0.2, 0.25) is 0 Å². The molecule has 0 aliphatic carbocycles. The Hall–Kier alpha value is -2.98. The predicted molar refractivity (Wildman–Crippen MR) is 106 cm³/mol. The first-order valence-electron chi connectivity index (χ1n) is 9.28. The standard InChI is InChI=1S/C23H22N2O2/c26-23(20-8-6-17(7-9-20)18-10-13-24-14-11-18)27-22-16-25-15-12-21(22)19-4-2-1-3-5-19/h1-11,13-14,21-22,25H,12,15-16H2/t21-,22+/m1/s1. The largest absolute Gasteiger partial charge is 0.457 e. The number of rotatable bonds is 4. The molecule has 27 heavy (non-hydrogen) atoms. The lowest BCUT2D eigenvalue weighted by atomic mass is 9.88. The predicted octanol–water partition coefficient (Wildman–Crippen LogP) is 4.05. The van der Waals surface area contributed by atoms with Crippen LogP contribution in [0, 0.1) is 0 Å². The van der Waals surface area contributed by atoms with E-state index in [9.17, 15) is 4.79 Å². The monoisotopic (exact) mass is 358 g/mol. The zero-order valence-electron chi connectivity index (χ0n) is 15.0. The summed E-state index contributed by atoms with van der Waals surface area (Å²) in [6.07, 6.45) is 4.32. The van der Waals surface area contributed by atoms with E-state index >= 15 is 0 Å². The molecule has 0 spiro atoms. The lowest BCUT2D eigenvalue weighted by Crippen LogP contribution is -2.42. The van der Waals surface area contributed by atoms with Gasteiger partial charge in [0.05, 0.1) is 5.56 Å². The van der Waals surface area contributed by atoms with Crippen LogP contribution in [-0.4, -0.2) is 30.1 Å². The highest BCUT2D eigenvalue weighted by atomic mass is 16.5. The molecule has 2 heterocycles. The number of hydrogen-bond donors (Lipinski definition) is 1. The maximum Gasteiger partial charge on any atom is 0.338 e. The first kappa shape index (κ1) is 17.4. The van der Waals surface area contributed by atoms with Crippen LogP contribution in [0.1, 0.15) is 28.3 Å². The van der Waals surface area contributed by atoms with Gasteiger partial charge in [0.15, 0.2) is 0 Å². The second kappa shape index (κ2) is 8.14. The van der Waals surface area contributed by atoms with Crippen molar-refractivity contribution in [2.24, 2.45) is 0 Å². The fourth-order valence-corrected chi connectivity index (χ4v) is 3.58. The second-order valence-electron chi connectivity index (χ2n) is 6.77. The van der Waals surface area contributed by atoms with Crippen LogP contribution in [0.3, 0.4) is 0 Å². The summed E-state index contributed by atoms with van der Waals surface area (Å²) in [5, 5.41) is 3.34. The van der Waals surface area contributed by atoms with Gasteiger partial charge in [-0.3, -0.25) is 4.98 Å². The lowest BCUT2D eigenvalue weighted by Gasteiger charge is -2.32. The Morgan fingerprint density at radius 2 is 1.63 bits per heavy atom. The summed E-state index contributed by atoms with van der Waals surface area (Å²) in [6.45, 7) is 1.62. The van der Waals surface area contributed by atoms with Gasteiger partial charge in [0.1, 0.15) is 6.10 Å². The summed E-state index contributed by atoms with van der Waals surface area (Å²) in [6, 6.07) is 21.7. The Morgan fingerprint density at radius 3 is 2.37 bits per heavy atom. The fraction of sp³-hybridized carbons (Fsp3) is 0.217. The highest BCUT2D eigenvalue weighted by Gasteiger charge is 2.29. The fourth-order valence-electron chi connectivity index (χ4n) is 3.58. The van der Waals surface area contributed by atoms with Crippen LogP contribution < -0.4 is 5.32 Å². The number of carbonyl (C=O) groups is 1. The second-order valence-corrected chi connectivity index (χ2v) is 6.77. The van der Waals surface area contributed by atoms with Crippen molar-refractivity contribution in [2.75, 3.05) is 13.1 Å². The number of carbonyl (C=O) groups excluding carboxylic acids is 1. The average molecular weight is 358 g/mol. The summed E-state index contributed by atoms with van der Waals surface area (Å²) in [5.74, 6) is -0.0431. The van der Waals surface area contributed by atoms with Crippen LogP contribution in [0.25, 0.3) is 11.1 Å². The third kappa shape index (κ3) is 4.07. The van der Waals surface area contributed by atoms with Crippen LogP contribution in [-0.2, 0) is 4.74 Å². The molecule has 3 aromatic rings. The van der Waals surface area contributed by atoms with E-state index < -0.39 is 0 Å². The number of benzene rings is 2. The summed E-state index contributed by atoms with van der Waals surface area (Å²) in [4.78, 5) is 16.7. The van der Waals surface area contributed by atoms with Gasteiger partial charge >= 0.3 is 5.97 Å². The van der Waals surface area contributed by atoms with E-state index in [-0.39, 0.29) is 18.0 Å². The summed E-state index contributed by atoms with van der Waals surface area (Å²) in [5.41, 5.74) is 3.93. The molecule has 1 aliphatic heterocycles. The van der Waals surface area contributed by atoms with Gasteiger partial charge in [-0.25, -0.2) is 4.79 Å². The quantitative estimate of drug-likeness (QED) is 0.715. The Morgan fingerprint density at radius 1 is 0.926 bits per heavy atom. The number of pyridine rings is 1. The van der Waals surface area contributed by atoms with E-state index in [0.29, 0.717) is 12.1 Å². The van der Waals surface area contributed by atoms with Gasteiger partial charge in [0.25, 0.3) is 0 Å². The Labute approximate surface area is 159 Å². The minimum atomic E-state index is -0.272. The third-order valence-corrected chi connectivity index (χ3v) is 5.05. The highest BCUT2D eigenvalue weighted by Crippen LogP contribution is 2.28. The van der Waals surface area contributed by atoms with E-state index in [2.05, 4.69) is 22.4 Å². The molecule has 0 amide bonds. The molecule has 2 aromatic carbocycles. The van der Waals surface area contributed by atoms with Crippen LogP contribution in [0.15, 0.2) is 79.1 Å².